The molecule has 0 aliphatic heterocycles. The minimum Gasteiger partial charge on any atom is -0.460 e. The van der Waals surface area contributed by atoms with Crippen LogP contribution in [0.25, 0.3) is 0 Å². The molecule has 82 valence electrons. The first kappa shape index (κ1) is 13.7. The lowest BCUT2D eigenvalue weighted by Gasteiger charge is -2.19. The molecule has 0 unspecified atom stereocenters. The molecule has 0 saturated heterocycles. The molecule has 4 nitrogen and oxygen atoms in total. The smallest absolute Gasteiger partial charge is 0.315 e. The summed E-state index contributed by atoms with van der Waals surface area (Å²) >= 11 is 1.53. The zero-order valence-corrected chi connectivity index (χ0v) is 10.8. The van der Waals surface area contributed by atoms with Crippen LogP contribution in [0.5, 0.6) is 0 Å². The van der Waals surface area contributed by atoms with Gasteiger partial charge in [-0.1, -0.05) is 0 Å². The number of carbonyl (C=O) groups excluding carboxylic acids is 2. The summed E-state index contributed by atoms with van der Waals surface area (Å²) < 4.78 is 9.47. The number of ether oxygens (including phenoxy) is 1. The Morgan fingerprint density at radius 2 is 1.64 bits per heavy atom. The molecular weight excluding hydrogens is 299 g/mol. The predicted octanol–water partition coefficient (Wildman–Crippen LogP) is 2.39. The standard InChI is InChI=1S/C9H15IO4/c1-9(2,3)13-7(11)5-4-6-8(12)14-10/h4-6H2,1-3H3. The lowest BCUT2D eigenvalue weighted by molar-refractivity contribution is -0.154. The van der Waals surface area contributed by atoms with Crippen molar-refractivity contribution in [3.63, 3.8) is 0 Å². The highest BCUT2D eigenvalue weighted by molar-refractivity contribution is 14.1. The van der Waals surface area contributed by atoms with Crippen molar-refractivity contribution in [3.8, 4) is 0 Å². The first-order valence-electron chi connectivity index (χ1n) is 4.38. The van der Waals surface area contributed by atoms with E-state index < -0.39 is 5.60 Å². The monoisotopic (exact) mass is 314 g/mol. The quantitative estimate of drug-likeness (QED) is 0.590. The van der Waals surface area contributed by atoms with Gasteiger partial charge in [0, 0.05) is 12.8 Å². The highest BCUT2D eigenvalue weighted by atomic mass is 127. The van der Waals surface area contributed by atoms with Crippen molar-refractivity contribution < 1.29 is 17.4 Å². The fourth-order valence-electron chi connectivity index (χ4n) is 0.808. The summed E-state index contributed by atoms with van der Waals surface area (Å²) in [7, 11) is 0. The summed E-state index contributed by atoms with van der Waals surface area (Å²) in [5, 5.41) is 0. The van der Waals surface area contributed by atoms with E-state index in [1.165, 1.54) is 23.0 Å². The fourth-order valence-corrected chi connectivity index (χ4v) is 1.03. The molecule has 0 N–H and O–H groups in total. The summed E-state index contributed by atoms with van der Waals surface area (Å²) in [5.74, 6) is -0.590. The topological polar surface area (TPSA) is 52.6 Å². The first-order valence-corrected chi connectivity index (χ1v) is 5.26. The molecule has 0 aromatic rings. The van der Waals surface area contributed by atoms with E-state index in [0.29, 0.717) is 6.42 Å². The molecule has 0 saturated carbocycles. The number of rotatable bonds is 4. The lowest BCUT2D eigenvalue weighted by Crippen LogP contribution is -2.23. The lowest BCUT2D eigenvalue weighted by atomic mass is 10.2. The SMILES string of the molecule is CC(C)(C)OC(=O)CCCC(=O)OI. The van der Waals surface area contributed by atoms with Crippen molar-refractivity contribution in [2.45, 2.75) is 45.6 Å². The summed E-state index contributed by atoms with van der Waals surface area (Å²) in [4.78, 5) is 21.8. The van der Waals surface area contributed by atoms with Gasteiger partial charge in [-0.2, -0.15) is 0 Å². The molecule has 0 spiro atoms. The molecule has 0 aliphatic carbocycles. The van der Waals surface area contributed by atoms with Crippen LogP contribution in [0, 0.1) is 0 Å². The van der Waals surface area contributed by atoms with E-state index in [1.807, 2.05) is 20.8 Å². The van der Waals surface area contributed by atoms with Crippen LogP contribution in [0.1, 0.15) is 40.0 Å². The molecule has 0 aliphatic rings. The second kappa shape index (κ2) is 6.21. The summed E-state index contributed by atoms with van der Waals surface area (Å²) in [5.41, 5.74) is -0.457. The molecule has 0 aromatic carbocycles. The van der Waals surface area contributed by atoms with Gasteiger partial charge in [0.05, 0.1) is 0 Å². The molecular formula is C9H15IO4. The van der Waals surface area contributed by atoms with Gasteiger partial charge in [0.15, 0.2) is 23.0 Å². The second-order valence-electron chi connectivity index (χ2n) is 3.89. The van der Waals surface area contributed by atoms with Gasteiger partial charge >= 0.3 is 11.9 Å². The molecule has 0 radical (unpaired) electrons. The van der Waals surface area contributed by atoms with Crippen LogP contribution in [-0.4, -0.2) is 17.5 Å². The van der Waals surface area contributed by atoms with Crippen LogP contribution in [0.15, 0.2) is 0 Å². The zero-order chi connectivity index (χ0) is 11.2. The Labute approximate surface area is 98.0 Å². The van der Waals surface area contributed by atoms with E-state index in [2.05, 4.69) is 3.07 Å². The zero-order valence-electron chi connectivity index (χ0n) is 8.63. The van der Waals surface area contributed by atoms with Crippen molar-refractivity contribution in [3.05, 3.63) is 0 Å². The van der Waals surface area contributed by atoms with Crippen LogP contribution < -0.4 is 0 Å². The van der Waals surface area contributed by atoms with Gasteiger partial charge in [0.25, 0.3) is 0 Å². The minimum absolute atomic E-state index is 0.252. The van der Waals surface area contributed by atoms with Crippen molar-refractivity contribution >= 4 is 34.9 Å². The van der Waals surface area contributed by atoms with Crippen LogP contribution >= 0.6 is 23.0 Å². The molecule has 0 atom stereocenters. The fraction of sp³-hybridized carbons (Fsp3) is 0.778. The predicted molar refractivity (Wildman–Crippen MR) is 59.8 cm³/mol. The van der Waals surface area contributed by atoms with E-state index in [4.69, 9.17) is 4.74 Å². The molecule has 0 bridgehead atoms. The Morgan fingerprint density at radius 1 is 1.14 bits per heavy atom. The Bertz CT molecular complexity index is 207. The average molecular weight is 314 g/mol. The molecule has 0 amide bonds. The molecule has 14 heavy (non-hydrogen) atoms. The molecule has 5 heteroatoms. The third-order valence-electron chi connectivity index (χ3n) is 1.27. The van der Waals surface area contributed by atoms with Crippen LogP contribution in [-0.2, 0) is 17.4 Å². The van der Waals surface area contributed by atoms with Gasteiger partial charge in [-0.05, 0) is 27.2 Å². The maximum absolute atomic E-state index is 11.2. The highest BCUT2D eigenvalue weighted by Crippen LogP contribution is 2.10. The second-order valence-corrected chi connectivity index (χ2v) is 4.33. The number of hydrogen-bond acceptors (Lipinski definition) is 4. The number of hydrogen-bond donors (Lipinski definition) is 0. The van der Waals surface area contributed by atoms with E-state index in [9.17, 15) is 9.59 Å². The molecule has 0 rings (SSSR count). The van der Waals surface area contributed by atoms with E-state index in [0.717, 1.165) is 0 Å². The Kier molecular flexibility index (Phi) is 6.06. The van der Waals surface area contributed by atoms with Crippen molar-refractivity contribution in [1.29, 1.82) is 0 Å². The van der Waals surface area contributed by atoms with E-state index in [1.54, 1.807) is 0 Å². The van der Waals surface area contributed by atoms with Gasteiger partial charge in [-0.3, -0.25) is 9.59 Å². The Morgan fingerprint density at radius 3 is 2.07 bits per heavy atom. The number of halogens is 1. The Hall–Kier alpha value is -0.330. The molecule has 0 heterocycles. The van der Waals surface area contributed by atoms with Gasteiger partial charge < -0.3 is 7.80 Å². The van der Waals surface area contributed by atoms with E-state index >= 15 is 0 Å². The number of carbonyl (C=O) groups is 2. The minimum atomic E-state index is -0.457. The largest absolute Gasteiger partial charge is 0.460 e. The van der Waals surface area contributed by atoms with Crippen molar-refractivity contribution in [2.75, 3.05) is 0 Å². The molecule has 0 fully saturated rings. The van der Waals surface area contributed by atoms with Gasteiger partial charge in [-0.25, -0.2) is 0 Å². The summed E-state index contributed by atoms with van der Waals surface area (Å²) in [6.07, 6.45) is 0.974. The van der Waals surface area contributed by atoms with Gasteiger partial charge in [0.2, 0.25) is 0 Å². The molecule has 0 aromatic heterocycles. The highest BCUT2D eigenvalue weighted by Gasteiger charge is 2.16. The van der Waals surface area contributed by atoms with Gasteiger partial charge in [0.1, 0.15) is 5.60 Å². The summed E-state index contributed by atoms with van der Waals surface area (Å²) in [6.45, 7) is 5.43. The van der Waals surface area contributed by atoms with Crippen LogP contribution in [0.3, 0.4) is 0 Å². The normalized spacial score (nSPS) is 10.9. The maximum atomic E-state index is 11.2. The third-order valence-corrected chi connectivity index (χ3v) is 1.76. The maximum Gasteiger partial charge on any atom is 0.315 e. The van der Waals surface area contributed by atoms with Crippen LogP contribution in [0.4, 0.5) is 0 Å². The van der Waals surface area contributed by atoms with Crippen molar-refractivity contribution in [1.82, 2.24) is 0 Å². The van der Waals surface area contributed by atoms with Crippen LogP contribution in [0.2, 0.25) is 0 Å². The Balaban J connectivity index is 3.60. The van der Waals surface area contributed by atoms with E-state index in [-0.39, 0.29) is 24.8 Å². The van der Waals surface area contributed by atoms with Gasteiger partial charge in [-0.15, -0.1) is 0 Å². The van der Waals surface area contributed by atoms with Crippen molar-refractivity contribution in [2.24, 2.45) is 0 Å². The number of esters is 1. The first-order chi connectivity index (χ1) is 6.35. The average Bonchev–Trinajstić information content (AvgIpc) is 2.00. The summed E-state index contributed by atoms with van der Waals surface area (Å²) in [6, 6.07) is 0. The third kappa shape index (κ3) is 8.28.